The lowest BCUT2D eigenvalue weighted by molar-refractivity contribution is -0.152. The van der Waals surface area contributed by atoms with Crippen molar-refractivity contribution in [3.05, 3.63) is 29.8 Å². The third-order valence-corrected chi connectivity index (χ3v) is 6.18. The standard InChI is InChI=1S/C21H28N4O4/c26-16-8-6-14(7-9-16)12-17-20(28)25-11-10-24(13-18(25)19(27)23-17)21(29)22-15-4-2-1-3-5-15/h6-9,15,17-18,26H,1-5,10-13H2,(H,22,29)(H,23,27)/t17-,18+/m0/s1. The van der Waals surface area contributed by atoms with Crippen molar-refractivity contribution in [3.8, 4) is 5.75 Å². The van der Waals surface area contributed by atoms with Crippen molar-refractivity contribution in [2.24, 2.45) is 0 Å². The predicted molar refractivity (Wildman–Crippen MR) is 106 cm³/mol. The van der Waals surface area contributed by atoms with Crippen LogP contribution >= 0.6 is 0 Å². The van der Waals surface area contributed by atoms with Gasteiger partial charge >= 0.3 is 6.03 Å². The van der Waals surface area contributed by atoms with Gasteiger partial charge in [-0.3, -0.25) is 9.59 Å². The van der Waals surface area contributed by atoms with Gasteiger partial charge in [-0.2, -0.15) is 0 Å². The van der Waals surface area contributed by atoms with Gasteiger partial charge in [0.2, 0.25) is 11.8 Å². The number of phenolic OH excluding ortho intramolecular Hbond substituents is 1. The normalized spacial score (nSPS) is 25.4. The molecule has 3 N–H and O–H groups in total. The van der Waals surface area contributed by atoms with Crippen LogP contribution in [0.2, 0.25) is 0 Å². The Balaban J connectivity index is 1.36. The summed E-state index contributed by atoms with van der Waals surface area (Å²) in [5, 5.41) is 15.3. The summed E-state index contributed by atoms with van der Waals surface area (Å²) >= 11 is 0. The number of nitrogens with zero attached hydrogens (tertiary/aromatic N) is 2. The molecule has 4 amide bonds. The lowest BCUT2D eigenvalue weighted by atomic mass is 9.95. The highest BCUT2D eigenvalue weighted by Gasteiger charge is 2.44. The highest BCUT2D eigenvalue weighted by atomic mass is 16.3. The number of hydrogen-bond acceptors (Lipinski definition) is 4. The van der Waals surface area contributed by atoms with Crippen molar-refractivity contribution in [2.75, 3.05) is 19.6 Å². The number of urea groups is 1. The number of phenols is 1. The minimum atomic E-state index is -0.635. The Labute approximate surface area is 170 Å². The molecule has 8 heteroatoms. The van der Waals surface area contributed by atoms with Gasteiger partial charge in [0, 0.05) is 25.6 Å². The molecule has 4 rings (SSSR count). The molecule has 3 aliphatic rings. The quantitative estimate of drug-likeness (QED) is 0.704. The molecule has 1 aromatic carbocycles. The molecule has 1 saturated carbocycles. The largest absolute Gasteiger partial charge is 0.508 e. The fourth-order valence-corrected chi connectivity index (χ4v) is 4.50. The van der Waals surface area contributed by atoms with Crippen molar-refractivity contribution in [3.63, 3.8) is 0 Å². The SMILES string of the molecule is O=C1N[C@@H](Cc2ccc(O)cc2)C(=O)N2CCN(C(=O)NC3CCCCC3)C[C@H]12. The van der Waals surface area contributed by atoms with Gasteiger partial charge in [0.1, 0.15) is 17.8 Å². The lowest BCUT2D eigenvalue weighted by Crippen LogP contribution is -2.70. The van der Waals surface area contributed by atoms with E-state index in [9.17, 15) is 19.5 Å². The topological polar surface area (TPSA) is 102 Å². The molecule has 3 fully saturated rings. The Morgan fingerprint density at radius 2 is 1.83 bits per heavy atom. The predicted octanol–water partition coefficient (Wildman–Crippen LogP) is 0.988. The molecule has 29 heavy (non-hydrogen) atoms. The van der Waals surface area contributed by atoms with Gasteiger partial charge in [0.05, 0.1) is 6.54 Å². The van der Waals surface area contributed by atoms with Crippen molar-refractivity contribution < 1.29 is 19.5 Å². The van der Waals surface area contributed by atoms with Gasteiger partial charge in [-0.1, -0.05) is 31.4 Å². The van der Waals surface area contributed by atoms with E-state index in [0.717, 1.165) is 31.2 Å². The van der Waals surface area contributed by atoms with Crippen molar-refractivity contribution in [1.29, 1.82) is 0 Å². The van der Waals surface area contributed by atoms with E-state index in [2.05, 4.69) is 10.6 Å². The molecule has 0 bridgehead atoms. The summed E-state index contributed by atoms with van der Waals surface area (Å²) in [5.41, 5.74) is 0.866. The highest BCUT2D eigenvalue weighted by molar-refractivity contribution is 5.97. The minimum absolute atomic E-state index is 0.116. The first kappa shape index (κ1) is 19.5. The van der Waals surface area contributed by atoms with Crippen LogP contribution in [-0.4, -0.2) is 70.5 Å². The zero-order valence-electron chi connectivity index (χ0n) is 16.5. The summed E-state index contributed by atoms with van der Waals surface area (Å²) in [4.78, 5) is 41.5. The molecule has 156 valence electrons. The summed E-state index contributed by atoms with van der Waals surface area (Å²) in [6.45, 7) is 1.02. The van der Waals surface area contributed by atoms with E-state index >= 15 is 0 Å². The second kappa shape index (κ2) is 8.31. The van der Waals surface area contributed by atoms with E-state index < -0.39 is 12.1 Å². The van der Waals surface area contributed by atoms with Crippen molar-refractivity contribution >= 4 is 17.8 Å². The monoisotopic (exact) mass is 400 g/mol. The van der Waals surface area contributed by atoms with Crippen LogP contribution < -0.4 is 10.6 Å². The number of benzene rings is 1. The molecule has 2 atom stereocenters. The van der Waals surface area contributed by atoms with Gasteiger partial charge in [-0.05, 0) is 30.5 Å². The Morgan fingerprint density at radius 3 is 2.55 bits per heavy atom. The summed E-state index contributed by atoms with van der Waals surface area (Å²) in [5.74, 6) is -0.172. The minimum Gasteiger partial charge on any atom is -0.508 e. The van der Waals surface area contributed by atoms with Crippen LogP contribution in [0.1, 0.15) is 37.7 Å². The van der Waals surface area contributed by atoms with Crippen LogP contribution in [0.4, 0.5) is 4.79 Å². The number of fused-ring (bicyclic) bond motifs is 1. The molecular formula is C21H28N4O4. The van der Waals surface area contributed by atoms with Gasteiger partial charge in [0.25, 0.3) is 0 Å². The van der Waals surface area contributed by atoms with E-state index in [1.807, 2.05) is 0 Å². The summed E-state index contributed by atoms with van der Waals surface area (Å²) in [6.07, 6.45) is 5.89. The molecule has 0 radical (unpaired) electrons. The lowest BCUT2D eigenvalue weighted by Gasteiger charge is -2.45. The second-order valence-electron chi connectivity index (χ2n) is 8.21. The first-order valence-corrected chi connectivity index (χ1v) is 10.5. The second-order valence-corrected chi connectivity index (χ2v) is 8.21. The molecule has 1 aromatic rings. The Morgan fingerprint density at radius 1 is 1.10 bits per heavy atom. The average Bonchev–Trinajstić information content (AvgIpc) is 2.74. The van der Waals surface area contributed by atoms with E-state index in [1.54, 1.807) is 34.1 Å². The van der Waals surface area contributed by atoms with Crippen LogP contribution in [0.3, 0.4) is 0 Å². The Kier molecular flexibility index (Phi) is 5.60. The molecule has 0 aromatic heterocycles. The zero-order chi connectivity index (χ0) is 20.4. The van der Waals surface area contributed by atoms with E-state index in [-0.39, 0.29) is 36.2 Å². The summed E-state index contributed by atoms with van der Waals surface area (Å²) in [7, 11) is 0. The zero-order valence-corrected chi connectivity index (χ0v) is 16.5. The number of rotatable bonds is 3. The van der Waals surface area contributed by atoms with Crippen LogP contribution in [0.5, 0.6) is 5.75 Å². The van der Waals surface area contributed by atoms with E-state index in [4.69, 9.17) is 0 Å². The van der Waals surface area contributed by atoms with Crippen LogP contribution in [-0.2, 0) is 16.0 Å². The first-order valence-electron chi connectivity index (χ1n) is 10.5. The fraction of sp³-hybridized carbons (Fsp3) is 0.571. The number of amides is 4. The van der Waals surface area contributed by atoms with E-state index in [0.29, 0.717) is 19.5 Å². The van der Waals surface area contributed by atoms with Crippen LogP contribution in [0.25, 0.3) is 0 Å². The third kappa shape index (κ3) is 4.31. The first-order chi connectivity index (χ1) is 14.0. The fourth-order valence-electron chi connectivity index (χ4n) is 4.50. The molecule has 0 unspecified atom stereocenters. The van der Waals surface area contributed by atoms with Gasteiger partial charge in [-0.25, -0.2) is 4.79 Å². The molecule has 1 aliphatic carbocycles. The molecule has 0 spiro atoms. The van der Waals surface area contributed by atoms with Gasteiger partial charge < -0.3 is 25.5 Å². The molecule has 2 aliphatic heterocycles. The maximum atomic E-state index is 12.9. The molecule has 2 saturated heterocycles. The third-order valence-electron chi connectivity index (χ3n) is 6.18. The Hall–Kier alpha value is -2.77. The highest BCUT2D eigenvalue weighted by Crippen LogP contribution is 2.21. The van der Waals surface area contributed by atoms with Crippen LogP contribution in [0, 0.1) is 0 Å². The number of piperazine rings is 2. The average molecular weight is 400 g/mol. The number of hydrogen-bond donors (Lipinski definition) is 3. The van der Waals surface area contributed by atoms with E-state index in [1.165, 1.54) is 6.42 Å². The van der Waals surface area contributed by atoms with Crippen molar-refractivity contribution in [2.45, 2.75) is 56.7 Å². The molecule has 2 heterocycles. The summed E-state index contributed by atoms with van der Waals surface area (Å²) in [6, 6.07) is 5.45. The maximum Gasteiger partial charge on any atom is 0.317 e. The Bertz CT molecular complexity index is 775. The number of carbonyl (C=O) groups is 3. The number of carbonyl (C=O) groups excluding carboxylic acids is 3. The maximum absolute atomic E-state index is 12.9. The molecular weight excluding hydrogens is 372 g/mol. The smallest absolute Gasteiger partial charge is 0.317 e. The summed E-state index contributed by atoms with van der Waals surface area (Å²) < 4.78 is 0. The van der Waals surface area contributed by atoms with Crippen molar-refractivity contribution in [1.82, 2.24) is 20.4 Å². The van der Waals surface area contributed by atoms with Gasteiger partial charge in [-0.15, -0.1) is 0 Å². The number of nitrogens with one attached hydrogen (secondary N) is 2. The van der Waals surface area contributed by atoms with Crippen LogP contribution in [0.15, 0.2) is 24.3 Å². The number of aromatic hydroxyl groups is 1. The van der Waals surface area contributed by atoms with Gasteiger partial charge in [0.15, 0.2) is 0 Å². The molecule has 8 nitrogen and oxygen atoms in total.